The van der Waals surface area contributed by atoms with E-state index in [4.69, 9.17) is 9.97 Å². The van der Waals surface area contributed by atoms with Gasteiger partial charge in [0.2, 0.25) is 0 Å². The van der Waals surface area contributed by atoms with Crippen LogP contribution in [0.1, 0.15) is 44.5 Å². The summed E-state index contributed by atoms with van der Waals surface area (Å²) in [5, 5.41) is 2.29. The van der Waals surface area contributed by atoms with Crippen molar-refractivity contribution in [2.75, 3.05) is 0 Å². The number of rotatable bonds is 9. The van der Waals surface area contributed by atoms with Crippen molar-refractivity contribution >= 4 is 10.8 Å². The molecule has 1 heterocycles. The molecule has 0 radical (unpaired) electrons. The summed E-state index contributed by atoms with van der Waals surface area (Å²) in [6, 6.07) is 111. The Hall–Kier alpha value is -10.0. The normalized spacial score (nSPS) is 13.3. The minimum atomic E-state index is -0.536. The number of nitrogens with zero attached hydrogens (tertiary/aromatic N) is 2. The lowest BCUT2D eigenvalue weighted by molar-refractivity contribution is 0.768. The Kier molecular flexibility index (Phi) is 10.7. The molecule has 0 unspecified atom stereocenters. The van der Waals surface area contributed by atoms with Crippen molar-refractivity contribution in [1.82, 2.24) is 9.97 Å². The monoisotopic (exact) mass is 990 g/mol. The molecule has 78 heavy (non-hydrogen) atoms. The topological polar surface area (TPSA) is 25.8 Å². The van der Waals surface area contributed by atoms with Gasteiger partial charge in [-0.25, -0.2) is 9.97 Å². The van der Waals surface area contributed by atoms with Gasteiger partial charge in [-0.3, -0.25) is 0 Å². The molecule has 15 rings (SSSR count). The average molecular weight is 991 g/mol. The minimum absolute atomic E-state index is 0.476. The first-order chi connectivity index (χ1) is 38.7. The highest BCUT2D eigenvalue weighted by Gasteiger charge is 2.48. The van der Waals surface area contributed by atoms with Crippen LogP contribution in [-0.2, 0) is 10.8 Å². The van der Waals surface area contributed by atoms with Crippen molar-refractivity contribution in [1.29, 1.82) is 0 Å². The molecule has 0 saturated carbocycles. The Morgan fingerprint density at radius 1 is 0.218 bits per heavy atom. The fourth-order valence-electron chi connectivity index (χ4n) is 13.4. The zero-order chi connectivity index (χ0) is 51.6. The first-order valence-corrected chi connectivity index (χ1v) is 27.0. The van der Waals surface area contributed by atoms with Crippen LogP contribution in [0.2, 0.25) is 0 Å². The second-order valence-corrected chi connectivity index (χ2v) is 20.7. The van der Waals surface area contributed by atoms with Gasteiger partial charge in [-0.05, 0) is 118 Å². The molecule has 0 N–H and O–H groups in total. The van der Waals surface area contributed by atoms with E-state index >= 15 is 0 Å². The van der Waals surface area contributed by atoms with E-state index in [1.165, 1.54) is 83.5 Å². The summed E-state index contributed by atoms with van der Waals surface area (Å²) in [7, 11) is 0. The van der Waals surface area contributed by atoms with E-state index in [-0.39, 0.29) is 0 Å². The van der Waals surface area contributed by atoms with Crippen LogP contribution < -0.4 is 0 Å². The first kappa shape index (κ1) is 45.4. The molecule has 364 valence electrons. The molecule has 0 bridgehead atoms. The van der Waals surface area contributed by atoms with E-state index in [1.807, 2.05) is 6.07 Å². The smallest absolute Gasteiger partial charge is 0.160 e. The summed E-state index contributed by atoms with van der Waals surface area (Å²) in [5.74, 6) is 0.686. The Morgan fingerprint density at radius 2 is 0.628 bits per heavy atom. The van der Waals surface area contributed by atoms with Crippen LogP contribution in [0.4, 0.5) is 0 Å². The minimum Gasteiger partial charge on any atom is -0.228 e. The standard InChI is InChI=1S/C76H50N2/c1-6-24-51(25-7-1)74-77-71(54-44-45-64-63-38-18-20-41-67(63)76(70(64)49-54,57-32-12-4-13-33-57)58-34-14-5-15-35-58)50-72(78-74)65-47-46-59(61-36-16-17-37-62(61)65)52-26-22-27-53(48-52)60-40-23-43-69-73(60)66-39-19-21-42-68(66)75(69,55-28-8-2-9-29-55)56-30-10-3-11-31-56/h1-50H. The molecular formula is C76H50N2. The number of fused-ring (bicyclic) bond motifs is 7. The van der Waals surface area contributed by atoms with Gasteiger partial charge in [0.15, 0.2) is 5.82 Å². The van der Waals surface area contributed by atoms with Crippen LogP contribution in [0.5, 0.6) is 0 Å². The molecule has 13 aromatic rings. The molecule has 0 amide bonds. The third-order valence-corrected chi connectivity index (χ3v) is 16.7. The van der Waals surface area contributed by atoms with Gasteiger partial charge in [-0.2, -0.15) is 0 Å². The molecule has 0 fully saturated rings. The van der Waals surface area contributed by atoms with Crippen molar-refractivity contribution in [3.05, 3.63) is 348 Å². The summed E-state index contributed by atoms with van der Waals surface area (Å²) in [6.45, 7) is 0. The van der Waals surface area contributed by atoms with Crippen LogP contribution in [0.15, 0.2) is 303 Å². The van der Waals surface area contributed by atoms with E-state index in [9.17, 15) is 0 Å². The van der Waals surface area contributed by atoms with Gasteiger partial charge in [0.25, 0.3) is 0 Å². The molecule has 0 aliphatic heterocycles. The largest absolute Gasteiger partial charge is 0.228 e. The summed E-state index contributed by atoms with van der Waals surface area (Å²) in [6.07, 6.45) is 0. The van der Waals surface area contributed by atoms with Gasteiger partial charge in [-0.1, -0.05) is 285 Å². The SMILES string of the molecule is c1ccc(-c2nc(-c3ccc4c(c3)C(c3ccccc3)(c3ccccc3)c3ccccc3-4)cc(-c3ccc(-c4cccc(-c5cccc6c5-c5ccccc5C6(c5ccccc5)c5ccccc5)c4)c4ccccc34)n2)cc1. The van der Waals surface area contributed by atoms with Crippen molar-refractivity contribution < 1.29 is 0 Å². The average Bonchev–Trinajstić information content (AvgIpc) is 3.47. The van der Waals surface area contributed by atoms with Gasteiger partial charge in [0, 0.05) is 16.7 Å². The molecule has 0 atom stereocenters. The third-order valence-electron chi connectivity index (χ3n) is 16.7. The fourth-order valence-corrected chi connectivity index (χ4v) is 13.4. The first-order valence-electron chi connectivity index (χ1n) is 27.0. The Bertz CT molecular complexity index is 4340. The van der Waals surface area contributed by atoms with Crippen LogP contribution >= 0.6 is 0 Å². The predicted octanol–water partition coefficient (Wildman–Crippen LogP) is 18.7. The molecule has 0 spiro atoms. The number of benzene rings is 12. The van der Waals surface area contributed by atoms with Crippen molar-refractivity contribution in [3.8, 4) is 78.4 Å². The van der Waals surface area contributed by atoms with Gasteiger partial charge in [-0.15, -0.1) is 0 Å². The maximum Gasteiger partial charge on any atom is 0.160 e. The second-order valence-electron chi connectivity index (χ2n) is 20.7. The molecule has 12 aromatic carbocycles. The summed E-state index contributed by atoms with van der Waals surface area (Å²) >= 11 is 0. The van der Waals surface area contributed by atoms with Crippen LogP contribution in [0, 0.1) is 0 Å². The molecular weight excluding hydrogens is 941 g/mol. The van der Waals surface area contributed by atoms with Crippen LogP contribution in [0.25, 0.3) is 89.2 Å². The third kappa shape index (κ3) is 6.90. The van der Waals surface area contributed by atoms with E-state index in [0.29, 0.717) is 5.82 Å². The molecule has 2 nitrogen and oxygen atoms in total. The van der Waals surface area contributed by atoms with Gasteiger partial charge in [0.1, 0.15) is 0 Å². The highest BCUT2D eigenvalue weighted by Crippen LogP contribution is 2.59. The van der Waals surface area contributed by atoms with Crippen molar-refractivity contribution in [3.63, 3.8) is 0 Å². The summed E-state index contributed by atoms with van der Waals surface area (Å²) in [4.78, 5) is 10.9. The van der Waals surface area contributed by atoms with Crippen LogP contribution in [-0.4, -0.2) is 9.97 Å². The maximum absolute atomic E-state index is 5.43. The molecule has 2 aliphatic carbocycles. The maximum atomic E-state index is 5.43. The van der Waals surface area contributed by atoms with E-state index < -0.39 is 10.8 Å². The van der Waals surface area contributed by atoms with E-state index in [0.717, 1.165) is 44.4 Å². The predicted molar refractivity (Wildman–Crippen MR) is 321 cm³/mol. The second kappa shape index (κ2) is 18.4. The lowest BCUT2D eigenvalue weighted by atomic mass is 9.67. The van der Waals surface area contributed by atoms with Crippen molar-refractivity contribution in [2.45, 2.75) is 10.8 Å². The number of aromatic nitrogens is 2. The van der Waals surface area contributed by atoms with Gasteiger partial charge in [0.05, 0.1) is 22.2 Å². The highest BCUT2D eigenvalue weighted by molar-refractivity contribution is 6.06. The molecule has 2 heteroatoms. The molecule has 0 saturated heterocycles. The summed E-state index contributed by atoms with van der Waals surface area (Å²) < 4.78 is 0. The lowest BCUT2D eigenvalue weighted by Crippen LogP contribution is -2.28. The zero-order valence-electron chi connectivity index (χ0n) is 42.8. The lowest BCUT2D eigenvalue weighted by Gasteiger charge is -2.34. The fraction of sp³-hybridized carbons (Fsp3) is 0.0263. The number of hydrogen-bond donors (Lipinski definition) is 0. The van der Waals surface area contributed by atoms with E-state index in [1.54, 1.807) is 0 Å². The number of hydrogen-bond acceptors (Lipinski definition) is 2. The van der Waals surface area contributed by atoms with Crippen LogP contribution in [0.3, 0.4) is 0 Å². The molecule has 1 aromatic heterocycles. The Labute approximate surface area is 455 Å². The quantitative estimate of drug-likeness (QED) is 0.144. The Balaban J connectivity index is 0.881. The van der Waals surface area contributed by atoms with Crippen molar-refractivity contribution in [2.24, 2.45) is 0 Å². The van der Waals surface area contributed by atoms with E-state index in [2.05, 4.69) is 297 Å². The Morgan fingerprint density at radius 3 is 1.26 bits per heavy atom. The van der Waals surface area contributed by atoms with Gasteiger partial charge < -0.3 is 0 Å². The molecule has 2 aliphatic rings. The summed E-state index contributed by atoms with van der Waals surface area (Å²) in [5.41, 5.74) is 23.7. The zero-order valence-corrected chi connectivity index (χ0v) is 42.8. The van der Waals surface area contributed by atoms with Gasteiger partial charge >= 0.3 is 0 Å². The highest BCUT2D eigenvalue weighted by atomic mass is 14.9.